The van der Waals surface area contributed by atoms with Crippen molar-refractivity contribution in [1.29, 1.82) is 0 Å². The summed E-state index contributed by atoms with van der Waals surface area (Å²) in [6, 6.07) is 31.2. The van der Waals surface area contributed by atoms with Crippen LogP contribution in [0.15, 0.2) is 91.0 Å². The SMILES string of the molecule is [Fe+2].c1cc2c3c(cccc3c1)NC([c-]1cccc1)N2.c1cc[cH-]c1. The summed E-state index contributed by atoms with van der Waals surface area (Å²) in [5.41, 5.74) is 3.67. The molecule has 0 saturated heterocycles. The molecule has 1 heterocycles. The van der Waals surface area contributed by atoms with Gasteiger partial charge in [-0.15, -0.1) is 5.56 Å². The molecule has 0 bridgehead atoms. The van der Waals surface area contributed by atoms with E-state index in [0.29, 0.717) is 0 Å². The number of rotatable bonds is 1. The normalized spacial score (nSPS) is 12.3. The largest absolute Gasteiger partial charge is 2.00 e. The average Bonchev–Trinajstić information content (AvgIpc) is 3.32. The number of hydrogen-bond acceptors (Lipinski definition) is 2. The van der Waals surface area contributed by atoms with Gasteiger partial charge in [0.15, 0.2) is 0 Å². The van der Waals surface area contributed by atoms with E-state index in [2.05, 4.69) is 71.3 Å². The Balaban J connectivity index is 0.000000245. The van der Waals surface area contributed by atoms with Crippen molar-refractivity contribution >= 4 is 22.1 Å². The summed E-state index contributed by atoms with van der Waals surface area (Å²) in [5.74, 6) is 0. The molecule has 0 unspecified atom stereocenters. The van der Waals surface area contributed by atoms with Gasteiger partial charge in [-0.3, -0.25) is 0 Å². The molecule has 0 fully saturated rings. The fraction of sp³-hybridized carbons (Fsp3) is 0.0476. The molecule has 4 aromatic carbocycles. The molecule has 2 N–H and O–H groups in total. The number of nitrogens with one attached hydrogen (secondary N) is 2. The van der Waals surface area contributed by atoms with Crippen LogP contribution in [-0.4, -0.2) is 0 Å². The maximum atomic E-state index is 3.55. The zero-order valence-corrected chi connectivity index (χ0v) is 14.2. The van der Waals surface area contributed by atoms with E-state index in [1.165, 1.54) is 27.7 Å². The third kappa shape index (κ3) is 3.23. The predicted molar refractivity (Wildman–Crippen MR) is 98.0 cm³/mol. The van der Waals surface area contributed by atoms with E-state index in [1.807, 2.05) is 30.3 Å². The van der Waals surface area contributed by atoms with Crippen LogP contribution in [0.2, 0.25) is 0 Å². The van der Waals surface area contributed by atoms with Crippen LogP contribution >= 0.6 is 0 Å². The Morgan fingerprint density at radius 1 is 0.750 bits per heavy atom. The Morgan fingerprint density at radius 3 is 1.83 bits per heavy atom. The number of anilines is 2. The molecule has 2 nitrogen and oxygen atoms in total. The van der Waals surface area contributed by atoms with Crippen molar-refractivity contribution < 1.29 is 17.1 Å². The van der Waals surface area contributed by atoms with Crippen LogP contribution in [-0.2, 0) is 17.1 Å². The van der Waals surface area contributed by atoms with Crippen molar-refractivity contribution in [2.75, 3.05) is 10.6 Å². The zero-order chi connectivity index (χ0) is 15.5. The number of hydrogen-bond donors (Lipinski definition) is 2. The Kier molecular flexibility index (Phi) is 5.05. The van der Waals surface area contributed by atoms with Crippen LogP contribution in [0, 0.1) is 0 Å². The minimum Gasteiger partial charge on any atom is -0.371 e. The van der Waals surface area contributed by atoms with Gasteiger partial charge in [0.25, 0.3) is 0 Å². The van der Waals surface area contributed by atoms with Crippen LogP contribution < -0.4 is 10.6 Å². The predicted octanol–water partition coefficient (Wildman–Crippen LogP) is 5.50. The van der Waals surface area contributed by atoms with Crippen molar-refractivity contribution in [1.82, 2.24) is 0 Å². The maximum Gasteiger partial charge on any atom is 2.00 e. The van der Waals surface area contributed by atoms with E-state index in [0.717, 1.165) is 0 Å². The maximum absolute atomic E-state index is 3.55. The Morgan fingerprint density at radius 2 is 1.33 bits per heavy atom. The van der Waals surface area contributed by atoms with Crippen molar-refractivity contribution in [3.05, 3.63) is 96.6 Å². The van der Waals surface area contributed by atoms with Crippen molar-refractivity contribution in [2.45, 2.75) is 6.17 Å². The molecule has 0 aliphatic carbocycles. The third-order valence-electron chi connectivity index (χ3n) is 4.08. The molecule has 120 valence electrons. The van der Waals surface area contributed by atoms with Gasteiger partial charge in [-0.25, -0.2) is 24.3 Å². The Labute approximate surface area is 152 Å². The standard InChI is InChI=1S/C16H13N2.C5H5.Fe/c1-2-6-12(5-1)16-17-13-9-3-7-11-8-4-10-14(18-16)15(11)13;1-2-4-5-3-1;/h1-10,16-18H;1-5H;/q2*-1;+2. The number of benzene rings is 2. The molecule has 0 aromatic heterocycles. The summed E-state index contributed by atoms with van der Waals surface area (Å²) < 4.78 is 0. The van der Waals surface area contributed by atoms with E-state index in [9.17, 15) is 0 Å². The summed E-state index contributed by atoms with van der Waals surface area (Å²) in [7, 11) is 0. The van der Waals surface area contributed by atoms with Crippen molar-refractivity contribution in [3.8, 4) is 0 Å². The Bertz CT molecular complexity index is 822. The molecule has 3 heteroatoms. The van der Waals surface area contributed by atoms with E-state index >= 15 is 0 Å². The molecule has 4 aromatic rings. The molecule has 0 atom stereocenters. The first-order valence-corrected chi connectivity index (χ1v) is 7.85. The molecule has 1 aliphatic rings. The van der Waals surface area contributed by atoms with Crippen molar-refractivity contribution in [2.24, 2.45) is 0 Å². The van der Waals surface area contributed by atoms with Crippen LogP contribution in [0.25, 0.3) is 10.8 Å². The molecule has 5 rings (SSSR count). The second-order valence-corrected chi connectivity index (χ2v) is 5.61. The summed E-state index contributed by atoms with van der Waals surface area (Å²) >= 11 is 0. The molecular weight excluding hydrogens is 336 g/mol. The van der Waals surface area contributed by atoms with Crippen LogP contribution in [0.3, 0.4) is 0 Å². The van der Waals surface area contributed by atoms with Crippen LogP contribution in [0.4, 0.5) is 11.4 Å². The molecule has 0 spiro atoms. The fourth-order valence-electron chi connectivity index (χ4n) is 3.00. The Hall–Kier alpha value is -2.48. The van der Waals surface area contributed by atoms with Gasteiger partial charge in [0.05, 0.1) is 6.17 Å². The van der Waals surface area contributed by atoms with Crippen LogP contribution in [0.5, 0.6) is 0 Å². The van der Waals surface area contributed by atoms with Gasteiger partial charge >= 0.3 is 17.1 Å². The molecule has 0 saturated carbocycles. The van der Waals surface area contributed by atoms with Crippen molar-refractivity contribution in [3.63, 3.8) is 0 Å². The van der Waals surface area contributed by atoms with E-state index in [-0.39, 0.29) is 23.2 Å². The molecule has 0 radical (unpaired) electrons. The quantitative estimate of drug-likeness (QED) is 0.348. The summed E-state index contributed by atoms with van der Waals surface area (Å²) in [5, 5.41) is 9.65. The fourth-order valence-corrected chi connectivity index (χ4v) is 3.00. The van der Waals surface area contributed by atoms with E-state index in [1.54, 1.807) is 0 Å². The molecule has 1 aliphatic heterocycles. The smallest absolute Gasteiger partial charge is 0.371 e. The summed E-state index contributed by atoms with van der Waals surface area (Å²) in [4.78, 5) is 0. The monoisotopic (exact) mass is 354 g/mol. The second-order valence-electron chi connectivity index (χ2n) is 5.61. The van der Waals surface area contributed by atoms with Gasteiger partial charge in [-0.05, 0) is 17.5 Å². The first-order valence-electron chi connectivity index (χ1n) is 7.85. The minimum absolute atomic E-state index is 0. The molecule has 0 amide bonds. The summed E-state index contributed by atoms with van der Waals surface area (Å²) in [6.07, 6.45) is 0.153. The van der Waals surface area contributed by atoms with Gasteiger partial charge in [0, 0.05) is 16.8 Å². The first kappa shape index (κ1) is 16.4. The van der Waals surface area contributed by atoms with Crippen LogP contribution in [0.1, 0.15) is 11.7 Å². The van der Waals surface area contributed by atoms with E-state index in [4.69, 9.17) is 0 Å². The molecule has 24 heavy (non-hydrogen) atoms. The minimum atomic E-state index is 0. The van der Waals surface area contributed by atoms with Gasteiger partial charge < -0.3 is 10.6 Å². The van der Waals surface area contributed by atoms with Gasteiger partial charge in [0.2, 0.25) is 0 Å². The summed E-state index contributed by atoms with van der Waals surface area (Å²) in [6.45, 7) is 0. The first-order chi connectivity index (χ1) is 11.4. The zero-order valence-electron chi connectivity index (χ0n) is 13.1. The van der Waals surface area contributed by atoms with Gasteiger partial charge in [-0.2, -0.15) is 30.3 Å². The topological polar surface area (TPSA) is 24.1 Å². The average molecular weight is 354 g/mol. The second kappa shape index (κ2) is 7.39. The third-order valence-corrected chi connectivity index (χ3v) is 4.08. The molecular formula is C21H18FeN2. The van der Waals surface area contributed by atoms with Gasteiger partial charge in [0.1, 0.15) is 0 Å². The van der Waals surface area contributed by atoms with Gasteiger partial charge in [-0.1, -0.05) is 24.3 Å². The van der Waals surface area contributed by atoms with E-state index < -0.39 is 0 Å².